The summed E-state index contributed by atoms with van der Waals surface area (Å²) in [6, 6.07) is 0. The highest BCUT2D eigenvalue weighted by molar-refractivity contribution is 5.76. The van der Waals surface area contributed by atoms with Gasteiger partial charge >= 0.3 is 0 Å². The summed E-state index contributed by atoms with van der Waals surface area (Å²) in [5.41, 5.74) is 5.48. The molecule has 2 atom stereocenters. The molecule has 1 rings (SSSR count). The highest BCUT2D eigenvalue weighted by atomic mass is 16.2. The first-order valence-electron chi connectivity index (χ1n) is 6.11. The summed E-state index contributed by atoms with van der Waals surface area (Å²) in [5.74, 6) is 1.61. The maximum atomic E-state index is 11.8. The van der Waals surface area contributed by atoms with Crippen molar-refractivity contribution < 1.29 is 4.79 Å². The van der Waals surface area contributed by atoms with Gasteiger partial charge in [0.05, 0.1) is 0 Å². The lowest BCUT2D eigenvalue weighted by Crippen LogP contribution is -2.28. The maximum Gasteiger partial charge on any atom is 0.222 e. The Morgan fingerprint density at radius 3 is 2.80 bits per heavy atom. The lowest BCUT2D eigenvalue weighted by molar-refractivity contribution is -0.130. The summed E-state index contributed by atoms with van der Waals surface area (Å²) < 4.78 is 0. The van der Waals surface area contributed by atoms with Crippen LogP contribution in [-0.2, 0) is 4.79 Å². The van der Waals surface area contributed by atoms with E-state index in [1.165, 1.54) is 6.42 Å². The second-order valence-corrected chi connectivity index (χ2v) is 4.95. The van der Waals surface area contributed by atoms with Gasteiger partial charge in [-0.15, -0.1) is 0 Å². The third kappa shape index (κ3) is 4.20. The van der Waals surface area contributed by atoms with Gasteiger partial charge in [0.15, 0.2) is 0 Å². The van der Waals surface area contributed by atoms with E-state index in [-0.39, 0.29) is 0 Å². The first-order chi connectivity index (χ1) is 7.13. The lowest BCUT2D eigenvalue weighted by atomic mass is 10.0. The minimum Gasteiger partial charge on any atom is -0.342 e. The van der Waals surface area contributed by atoms with Gasteiger partial charge in [0.1, 0.15) is 0 Å². The molecule has 3 nitrogen and oxygen atoms in total. The van der Waals surface area contributed by atoms with E-state index < -0.39 is 0 Å². The average molecular weight is 212 g/mol. The van der Waals surface area contributed by atoms with Crippen LogP contribution in [-0.4, -0.2) is 30.4 Å². The molecule has 1 heterocycles. The molecule has 0 aromatic rings. The molecule has 1 saturated heterocycles. The molecule has 0 aliphatic carbocycles. The van der Waals surface area contributed by atoms with Crippen LogP contribution in [0, 0.1) is 11.8 Å². The number of hydrogen-bond donors (Lipinski definition) is 1. The molecule has 1 aliphatic heterocycles. The predicted molar refractivity (Wildman–Crippen MR) is 62.4 cm³/mol. The van der Waals surface area contributed by atoms with Crippen molar-refractivity contribution in [3.05, 3.63) is 0 Å². The van der Waals surface area contributed by atoms with Crippen LogP contribution in [0.25, 0.3) is 0 Å². The summed E-state index contributed by atoms with van der Waals surface area (Å²) in [6.45, 7) is 7.04. The van der Waals surface area contributed by atoms with E-state index in [1.54, 1.807) is 0 Å². The van der Waals surface area contributed by atoms with Crippen LogP contribution in [0.1, 0.15) is 39.5 Å². The molecular formula is C12H24N2O. The van der Waals surface area contributed by atoms with E-state index in [9.17, 15) is 4.79 Å². The molecule has 15 heavy (non-hydrogen) atoms. The normalized spacial score (nSPS) is 23.1. The van der Waals surface area contributed by atoms with E-state index in [0.717, 1.165) is 32.5 Å². The Labute approximate surface area is 93.0 Å². The van der Waals surface area contributed by atoms with Crippen molar-refractivity contribution in [2.24, 2.45) is 17.6 Å². The molecule has 2 unspecified atom stereocenters. The minimum absolute atomic E-state index is 0.336. The summed E-state index contributed by atoms with van der Waals surface area (Å²) >= 11 is 0. The molecule has 0 spiro atoms. The van der Waals surface area contributed by atoms with Crippen LogP contribution >= 0.6 is 0 Å². The van der Waals surface area contributed by atoms with Crippen LogP contribution < -0.4 is 5.73 Å². The Bertz CT molecular complexity index is 206. The van der Waals surface area contributed by atoms with E-state index in [0.29, 0.717) is 24.2 Å². The SMILES string of the molecule is CC(CCN)CCC(=O)N1CCC(C)C1. The first-order valence-corrected chi connectivity index (χ1v) is 6.11. The molecule has 3 heteroatoms. The van der Waals surface area contributed by atoms with Gasteiger partial charge in [0.2, 0.25) is 5.91 Å². The fourth-order valence-corrected chi connectivity index (χ4v) is 2.12. The molecule has 0 saturated carbocycles. The maximum absolute atomic E-state index is 11.8. The molecule has 0 bridgehead atoms. The molecule has 0 radical (unpaired) electrons. The summed E-state index contributed by atoms with van der Waals surface area (Å²) in [4.78, 5) is 13.8. The molecule has 1 fully saturated rings. The average Bonchev–Trinajstić information content (AvgIpc) is 2.62. The molecule has 88 valence electrons. The fourth-order valence-electron chi connectivity index (χ4n) is 2.12. The zero-order valence-corrected chi connectivity index (χ0v) is 10.0. The number of rotatable bonds is 5. The standard InChI is InChI=1S/C12H24N2O/c1-10(5-7-13)3-4-12(15)14-8-6-11(2)9-14/h10-11H,3-9,13H2,1-2H3. The van der Waals surface area contributed by atoms with E-state index in [4.69, 9.17) is 5.73 Å². The van der Waals surface area contributed by atoms with Crippen molar-refractivity contribution in [1.29, 1.82) is 0 Å². The van der Waals surface area contributed by atoms with Crippen molar-refractivity contribution in [3.63, 3.8) is 0 Å². The number of carbonyl (C=O) groups is 1. The van der Waals surface area contributed by atoms with Gasteiger partial charge in [0, 0.05) is 19.5 Å². The van der Waals surface area contributed by atoms with Crippen LogP contribution in [0.5, 0.6) is 0 Å². The van der Waals surface area contributed by atoms with E-state index >= 15 is 0 Å². The third-order valence-electron chi connectivity index (χ3n) is 3.29. The zero-order chi connectivity index (χ0) is 11.3. The highest BCUT2D eigenvalue weighted by Crippen LogP contribution is 2.18. The van der Waals surface area contributed by atoms with Gasteiger partial charge in [-0.05, 0) is 37.6 Å². The quantitative estimate of drug-likeness (QED) is 0.752. The van der Waals surface area contributed by atoms with Crippen molar-refractivity contribution in [3.8, 4) is 0 Å². The fraction of sp³-hybridized carbons (Fsp3) is 0.917. The van der Waals surface area contributed by atoms with Crippen molar-refractivity contribution >= 4 is 5.91 Å². The Balaban J connectivity index is 2.18. The minimum atomic E-state index is 0.336. The topological polar surface area (TPSA) is 46.3 Å². The van der Waals surface area contributed by atoms with E-state index in [2.05, 4.69) is 13.8 Å². The molecule has 1 aliphatic rings. The monoisotopic (exact) mass is 212 g/mol. The number of carbonyl (C=O) groups excluding carboxylic acids is 1. The Hall–Kier alpha value is -0.570. The third-order valence-corrected chi connectivity index (χ3v) is 3.29. The Kier molecular flexibility index (Phi) is 5.09. The number of amides is 1. The summed E-state index contributed by atoms with van der Waals surface area (Å²) in [7, 11) is 0. The first kappa shape index (κ1) is 12.5. The zero-order valence-electron chi connectivity index (χ0n) is 10.0. The molecule has 0 aromatic carbocycles. The molecule has 1 amide bonds. The number of likely N-dealkylation sites (tertiary alicyclic amines) is 1. The number of nitrogens with two attached hydrogens (primary N) is 1. The van der Waals surface area contributed by atoms with Crippen LogP contribution in [0.4, 0.5) is 0 Å². The largest absolute Gasteiger partial charge is 0.342 e. The summed E-state index contributed by atoms with van der Waals surface area (Å²) in [5, 5.41) is 0. The van der Waals surface area contributed by atoms with Gasteiger partial charge in [-0.3, -0.25) is 4.79 Å². The van der Waals surface area contributed by atoms with Crippen LogP contribution in [0.15, 0.2) is 0 Å². The smallest absolute Gasteiger partial charge is 0.222 e. The second-order valence-electron chi connectivity index (χ2n) is 4.95. The van der Waals surface area contributed by atoms with Gasteiger partial charge in [-0.1, -0.05) is 13.8 Å². The predicted octanol–water partition coefficient (Wildman–Crippen LogP) is 1.62. The van der Waals surface area contributed by atoms with Gasteiger partial charge in [-0.25, -0.2) is 0 Å². The number of hydrogen-bond acceptors (Lipinski definition) is 2. The van der Waals surface area contributed by atoms with Crippen molar-refractivity contribution in [2.75, 3.05) is 19.6 Å². The van der Waals surface area contributed by atoms with Gasteiger partial charge < -0.3 is 10.6 Å². The van der Waals surface area contributed by atoms with Crippen molar-refractivity contribution in [2.45, 2.75) is 39.5 Å². The molecule has 2 N–H and O–H groups in total. The van der Waals surface area contributed by atoms with E-state index in [1.807, 2.05) is 4.90 Å². The van der Waals surface area contributed by atoms with Crippen LogP contribution in [0.3, 0.4) is 0 Å². The second kappa shape index (κ2) is 6.11. The molecule has 0 aromatic heterocycles. The van der Waals surface area contributed by atoms with Gasteiger partial charge in [0.25, 0.3) is 0 Å². The highest BCUT2D eigenvalue weighted by Gasteiger charge is 2.22. The lowest BCUT2D eigenvalue weighted by Gasteiger charge is -2.17. The van der Waals surface area contributed by atoms with Gasteiger partial charge in [-0.2, -0.15) is 0 Å². The number of nitrogens with zero attached hydrogens (tertiary/aromatic N) is 1. The summed E-state index contributed by atoms with van der Waals surface area (Å²) in [6.07, 6.45) is 3.89. The Morgan fingerprint density at radius 2 is 2.27 bits per heavy atom. The Morgan fingerprint density at radius 1 is 1.53 bits per heavy atom. The van der Waals surface area contributed by atoms with Crippen molar-refractivity contribution in [1.82, 2.24) is 4.90 Å². The molecular weight excluding hydrogens is 188 g/mol. The van der Waals surface area contributed by atoms with Crippen LogP contribution in [0.2, 0.25) is 0 Å².